The van der Waals surface area contributed by atoms with Gasteiger partial charge in [0.25, 0.3) is 0 Å². The predicted octanol–water partition coefficient (Wildman–Crippen LogP) is 2.36. The summed E-state index contributed by atoms with van der Waals surface area (Å²) in [5.41, 5.74) is 0. The Balaban J connectivity index is 0. The molecule has 1 nitrogen and oxygen atoms in total. The zero-order valence-electron chi connectivity index (χ0n) is 6.40. The minimum absolute atomic E-state index is 0.361. The molecule has 0 aliphatic rings. The van der Waals surface area contributed by atoms with Crippen molar-refractivity contribution < 1.29 is 5.11 Å². The van der Waals surface area contributed by atoms with Gasteiger partial charge in [-0.2, -0.15) is 0 Å². The van der Waals surface area contributed by atoms with E-state index in [1.54, 1.807) is 0 Å². The summed E-state index contributed by atoms with van der Waals surface area (Å²) in [6, 6.07) is 0. The van der Waals surface area contributed by atoms with Gasteiger partial charge in [0.15, 0.2) is 0 Å². The fraction of sp³-hybridized carbons (Fsp3) is 0.750. The lowest BCUT2D eigenvalue weighted by atomic mass is 10.2. The van der Waals surface area contributed by atoms with Crippen LogP contribution >= 0.6 is 0 Å². The average Bonchev–Trinajstić information content (AvgIpc) is 1.94. The van der Waals surface area contributed by atoms with Crippen molar-refractivity contribution in [2.75, 3.05) is 6.61 Å². The van der Waals surface area contributed by atoms with E-state index in [0.29, 0.717) is 6.61 Å². The summed E-state index contributed by atoms with van der Waals surface area (Å²) in [4.78, 5) is 0. The van der Waals surface area contributed by atoms with E-state index in [9.17, 15) is 0 Å². The lowest BCUT2D eigenvalue weighted by Gasteiger charge is -1.90. The van der Waals surface area contributed by atoms with E-state index in [1.807, 2.05) is 0 Å². The summed E-state index contributed by atoms with van der Waals surface area (Å²) in [6.45, 7) is 8.53. The summed E-state index contributed by atoms with van der Waals surface area (Å²) >= 11 is 0. The molecular formula is C8H18O. The zero-order valence-corrected chi connectivity index (χ0v) is 6.40. The molecule has 0 spiro atoms. The standard InChI is InChI=1S/C6H14O.C2H4/c1-2-3-4-5-6-7;1-2/h7H,2-6H2,1H3;1-2H2. The molecule has 0 saturated heterocycles. The molecule has 0 aromatic rings. The van der Waals surface area contributed by atoms with Crippen LogP contribution in [0.1, 0.15) is 32.6 Å². The molecule has 0 unspecified atom stereocenters. The average molecular weight is 130 g/mol. The van der Waals surface area contributed by atoms with E-state index in [2.05, 4.69) is 20.1 Å². The minimum atomic E-state index is 0.361. The van der Waals surface area contributed by atoms with Crippen LogP contribution in [0.25, 0.3) is 0 Å². The van der Waals surface area contributed by atoms with Crippen molar-refractivity contribution >= 4 is 0 Å². The van der Waals surface area contributed by atoms with E-state index in [1.165, 1.54) is 19.3 Å². The largest absolute Gasteiger partial charge is 0.396 e. The number of aliphatic hydroxyl groups is 1. The van der Waals surface area contributed by atoms with Gasteiger partial charge in [0.05, 0.1) is 0 Å². The first-order valence-electron chi connectivity index (χ1n) is 3.52. The lowest BCUT2D eigenvalue weighted by molar-refractivity contribution is 0.283. The molecule has 0 amide bonds. The van der Waals surface area contributed by atoms with Crippen molar-refractivity contribution in [1.82, 2.24) is 0 Å². The first-order chi connectivity index (χ1) is 4.41. The van der Waals surface area contributed by atoms with Gasteiger partial charge in [0, 0.05) is 6.61 Å². The molecule has 1 N–H and O–H groups in total. The molecule has 0 rings (SSSR count). The summed E-state index contributed by atoms with van der Waals surface area (Å²) in [5.74, 6) is 0. The summed E-state index contributed by atoms with van der Waals surface area (Å²) in [6.07, 6.45) is 4.68. The van der Waals surface area contributed by atoms with Crippen LogP contribution in [0.2, 0.25) is 0 Å². The zero-order chi connectivity index (χ0) is 7.54. The Hall–Kier alpha value is -0.300. The number of unbranched alkanes of at least 4 members (excludes halogenated alkanes) is 3. The van der Waals surface area contributed by atoms with Crippen LogP contribution in [-0.2, 0) is 0 Å². The molecule has 0 saturated carbocycles. The van der Waals surface area contributed by atoms with E-state index < -0.39 is 0 Å². The van der Waals surface area contributed by atoms with E-state index in [4.69, 9.17) is 5.11 Å². The summed E-state index contributed by atoms with van der Waals surface area (Å²) in [5, 5.41) is 8.29. The Bertz CT molecular complexity index is 31.5. The van der Waals surface area contributed by atoms with Crippen molar-refractivity contribution in [1.29, 1.82) is 0 Å². The second-order valence-electron chi connectivity index (χ2n) is 1.78. The van der Waals surface area contributed by atoms with Gasteiger partial charge >= 0.3 is 0 Å². The maximum atomic E-state index is 8.29. The Kier molecular flexibility index (Phi) is 20.0. The first kappa shape index (κ1) is 11.5. The molecule has 0 bridgehead atoms. The number of rotatable bonds is 4. The van der Waals surface area contributed by atoms with Gasteiger partial charge in [0.2, 0.25) is 0 Å². The second-order valence-corrected chi connectivity index (χ2v) is 1.78. The van der Waals surface area contributed by atoms with E-state index in [0.717, 1.165) is 6.42 Å². The van der Waals surface area contributed by atoms with Crippen molar-refractivity contribution in [3.63, 3.8) is 0 Å². The van der Waals surface area contributed by atoms with Crippen LogP contribution in [0.15, 0.2) is 13.2 Å². The van der Waals surface area contributed by atoms with Crippen LogP contribution in [0.5, 0.6) is 0 Å². The Labute approximate surface area is 58.4 Å². The molecule has 9 heavy (non-hydrogen) atoms. The highest BCUT2D eigenvalue weighted by Gasteiger charge is 1.80. The molecule has 0 aliphatic heterocycles. The molecule has 56 valence electrons. The third-order valence-electron chi connectivity index (χ3n) is 1.01. The predicted molar refractivity (Wildman–Crippen MR) is 42.5 cm³/mol. The topological polar surface area (TPSA) is 20.2 Å². The van der Waals surface area contributed by atoms with Gasteiger partial charge in [0.1, 0.15) is 0 Å². The van der Waals surface area contributed by atoms with Crippen molar-refractivity contribution in [2.24, 2.45) is 0 Å². The van der Waals surface area contributed by atoms with E-state index >= 15 is 0 Å². The molecule has 1 heteroatoms. The second kappa shape index (κ2) is 15.6. The van der Waals surface area contributed by atoms with Gasteiger partial charge in [-0.1, -0.05) is 26.2 Å². The molecule has 0 fully saturated rings. The third kappa shape index (κ3) is 18.3. The quantitative estimate of drug-likeness (QED) is 0.457. The maximum absolute atomic E-state index is 8.29. The van der Waals surface area contributed by atoms with Crippen LogP contribution in [-0.4, -0.2) is 11.7 Å². The molecule has 0 heterocycles. The van der Waals surface area contributed by atoms with Crippen LogP contribution in [0, 0.1) is 0 Å². The van der Waals surface area contributed by atoms with Gasteiger partial charge in [-0.15, -0.1) is 13.2 Å². The van der Waals surface area contributed by atoms with Crippen LogP contribution in [0.4, 0.5) is 0 Å². The lowest BCUT2D eigenvalue weighted by Crippen LogP contribution is -1.80. The normalized spacial score (nSPS) is 7.78. The van der Waals surface area contributed by atoms with Gasteiger partial charge < -0.3 is 5.11 Å². The molecule has 0 aromatic heterocycles. The highest BCUT2D eigenvalue weighted by atomic mass is 16.2. The van der Waals surface area contributed by atoms with E-state index in [-0.39, 0.29) is 0 Å². The summed E-state index contributed by atoms with van der Waals surface area (Å²) in [7, 11) is 0. The Morgan fingerprint density at radius 1 is 1.11 bits per heavy atom. The Morgan fingerprint density at radius 3 is 2.00 bits per heavy atom. The van der Waals surface area contributed by atoms with Crippen molar-refractivity contribution in [3.05, 3.63) is 13.2 Å². The highest BCUT2D eigenvalue weighted by Crippen LogP contribution is 1.95. The van der Waals surface area contributed by atoms with Gasteiger partial charge in [-0.25, -0.2) is 0 Å². The highest BCUT2D eigenvalue weighted by molar-refractivity contribution is 4.35. The summed E-state index contributed by atoms with van der Waals surface area (Å²) < 4.78 is 0. The molecule has 0 radical (unpaired) electrons. The van der Waals surface area contributed by atoms with Crippen LogP contribution in [0.3, 0.4) is 0 Å². The molecule has 0 aromatic carbocycles. The monoisotopic (exact) mass is 130 g/mol. The molecule has 0 aliphatic carbocycles. The van der Waals surface area contributed by atoms with Crippen LogP contribution < -0.4 is 0 Å². The van der Waals surface area contributed by atoms with Gasteiger partial charge in [-0.05, 0) is 6.42 Å². The number of hydrogen-bond donors (Lipinski definition) is 1. The van der Waals surface area contributed by atoms with Crippen molar-refractivity contribution in [3.8, 4) is 0 Å². The molecule has 0 atom stereocenters. The minimum Gasteiger partial charge on any atom is -0.396 e. The smallest absolute Gasteiger partial charge is 0.0431 e. The third-order valence-corrected chi connectivity index (χ3v) is 1.01. The fourth-order valence-corrected chi connectivity index (χ4v) is 0.539. The van der Waals surface area contributed by atoms with Gasteiger partial charge in [-0.3, -0.25) is 0 Å². The molecular weight excluding hydrogens is 112 g/mol. The number of aliphatic hydroxyl groups excluding tert-OH is 1. The number of hydrogen-bond acceptors (Lipinski definition) is 1. The fourth-order valence-electron chi connectivity index (χ4n) is 0.539. The first-order valence-corrected chi connectivity index (χ1v) is 3.52. The maximum Gasteiger partial charge on any atom is 0.0431 e. The Morgan fingerprint density at radius 2 is 1.67 bits per heavy atom. The van der Waals surface area contributed by atoms with Crippen molar-refractivity contribution in [2.45, 2.75) is 32.6 Å². The SMILES string of the molecule is C=C.CCCCCCO.